The summed E-state index contributed by atoms with van der Waals surface area (Å²) in [6, 6.07) is 7.83. The van der Waals surface area contributed by atoms with Crippen LogP contribution in [0.2, 0.25) is 0 Å². The lowest BCUT2D eigenvalue weighted by Crippen LogP contribution is -2.39. The van der Waals surface area contributed by atoms with Crippen molar-refractivity contribution >= 4 is 18.0 Å². The highest BCUT2D eigenvalue weighted by molar-refractivity contribution is 5.87. The molecule has 0 unspecified atom stereocenters. The number of carbonyl (C=O) groups is 2. The predicted octanol–water partition coefficient (Wildman–Crippen LogP) is 2.68. The molecule has 1 aromatic heterocycles. The fourth-order valence-corrected chi connectivity index (χ4v) is 3.93. The topological polar surface area (TPSA) is 85.2 Å². The maximum atomic E-state index is 12.2. The Morgan fingerprint density at radius 2 is 2.00 bits per heavy atom. The molecule has 0 bridgehead atoms. The van der Waals surface area contributed by atoms with Gasteiger partial charge in [-0.1, -0.05) is 6.42 Å². The number of hydrazone groups is 1. The van der Waals surface area contributed by atoms with Crippen molar-refractivity contribution in [2.45, 2.75) is 39.5 Å². The Balaban J connectivity index is 1.42. The first-order chi connectivity index (χ1) is 14.5. The van der Waals surface area contributed by atoms with Gasteiger partial charge in [0.2, 0.25) is 12.7 Å². The molecule has 0 atom stereocenters. The molecule has 0 radical (unpaired) electrons. The third-order valence-corrected chi connectivity index (χ3v) is 5.48. The number of nitrogens with zero attached hydrogens (tertiary/aromatic N) is 3. The van der Waals surface area contributed by atoms with Crippen molar-refractivity contribution in [1.29, 1.82) is 0 Å². The van der Waals surface area contributed by atoms with Crippen molar-refractivity contribution < 1.29 is 19.1 Å². The number of carbonyl (C=O) groups excluding carboxylic acids is 2. The van der Waals surface area contributed by atoms with Gasteiger partial charge in [-0.2, -0.15) is 5.10 Å². The molecule has 1 saturated heterocycles. The van der Waals surface area contributed by atoms with Crippen LogP contribution in [0.1, 0.15) is 42.6 Å². The molecule has 4 rings (SSSR count). The molecule has 2 aromatic rings. The van der Waals surface area contributed by atoms with Gasteiger partial charge in [0.25, 0.3) is 5.91 Å². The quantitative estimate of drug-likeness (QED) is 0.607. The molecule has 0 aliphatic carbocycles. The Labute approximate surface area is 175 Å². The number of hydrogen-bond donors (Lipinski definition) is 1. The smallest absolute Gasteiger partial charge is 0.259 e. The molecule has 2 aliphatic rings. The Morgan fingerprint density at radius 3 is 2.87 bits per heavy atom. The molecule has 0 saturated carbocycles. The average molecular weight is 410 g/mol. The second kappa shape index (κ2) is 8.61. The summed E-state index contributed by atoms with van der Waals surface area (Å²) in [5.41, 5.74) is 6.44. The van der Waals surface area contributed by atoms with E-state index in [-0.39, 0.29) is 25.2 Å². The predicted molar refractivity (Wildman–Crippen MR) is 112 cm³/mol. The first kappa shape index (κ1) is 20.0. The zero-order valence-corrected chi connectivity index (χ0v) is 17.3. The normalized spacial score (nSPS) is 16.2. The number of aryl methyl sites for hydroxylation is 1. The highest BCUT2D eigenvalue weighted by atomic mass is 16.7. The van der Waals surface area contributed by atoms with Gasteiger partial charge in [0.1, 0.15) is 6.54 Å². The van der Waals surface area contributed by atoms with Crippen LogP contribution in [0.3, 0.4) is 0 Å². The van der Waals surface area contributed by atoms with Crippen molar-refractivity contribution in [1.82, 2.24) is 14.9 Å². The van der Waals surface area contributed by atoms with Gasteiger partial charge in [-0.3, -0.25) is 9.59 Å². The summed E-state index contributed by atoms with van der Waals surface area (Å²) >= 11 is 0. The number of rotatable bonds is 5. The van der Waals surface area contributed by atoms with E-state index in [4.69, 9.17) is 9.47 Å². The first-order valence-corrected chi connectivity index (χ1v) is 10.2. The number of aromatic nitrogens is 1. The minimum atomic E-state index is -0.286. The third-order valence-electron chi connectivity index (χ3n) is 5.48. The molecule has 3 heterocycles. The van der Waals surface area contributed by atoms with Crippen LogP contribution >= 0.6 is 0 Å². The van der Waals surface area contributed by atoms with Crippen LogP contribution in [0.15, 0.2) is 29.4 Å². The number of ether oxygens (including phenoxy) is 2. The summed E-state index contributed by atoms with van der Waals surface area (Å²) < 4.78 is 13.0. The van der Waals surface area contributed by atoms with E-state index in [1.165, 1.54) is 0 Å². The molecular weight excluding hydrogens is 384 g/mol. The lowest BCUT2D eigenvalue weighted by molar-refractivity contribution is -0.135. The fraction of sp³-hybridized carbons (Fsp3) is 0.409. The van der Waals surface area contributed by atoms with Gasteiger partial charge in [-0.25, -0.2) is 5.43 Å². The number of amides is 2. The van der Waals surface area contributed by atoms with E-state index in [2.05, 4.69) is 15.1 Å². The fourth-order valence-electron chi connectivity index (χ4n) is 3.93. The van der Waals surface area contributed by atoms with E-state index in [0.717, 1.165) is 53.4 Å². The van der Waals surface area contributed by atoms with E-state index < -0.39 is 0 Å². The molecule has 0 spiro atoms. The van der Waals surface area contributed by atoms with Gasteiger partial charge in [0.15, 0.2) is 11.5 Å². The van der Waals surface area contributed by atoms with Crippen LogP contribution in [0, 0.1) is 13.8 Å². The summed E-state index contributed by atoms with van der Waals surface area (Å²) in [6.07, 6.45) is 5.01. The van der Waals surface area contributed by atoms with E-state index in [1.807, 2.05) is 38.1 Å². The monoisotopic (exact) mass is 410 g/mol. The molecule has 1 aromatic carbocycles. The van der Waals surface area contributed by atoms with Gasteiger partial charge in [0, 0.05) is 41.7 Å². The Hall–Kier alpha value is -3.29. The van der Waals surface area contributed by atoms with Crippen LogP contribution in [0.25, 0.3) is 5.69 Å². The number of fused-ring (bicyclic) bond motifs is 1. The molecule has 158 valence electrons. The third kappa shape index (κ3) is 4.17. The van der Waals surface area contributed by atoms with Crippen LogP contribution in [0.4, 0.5) is 0 Å². The molecule has 8 nitrogen and oxygen atoms in total. The van der Waals surface area contributed by atoms with E-state index in [9.17, 15) is 9.59 Å². The Morgan fingerprint density at radius 1 is 1.17 bits per heavy atom. The van der Waals surface area contributed by atoms with Gasteiger partial charge in [0.05, 0.1) is 6.21 Å². The van der Waals surface area contributed by atoms with Crippen molar-refractivity contribution in [3.63, 3.8) is 0 Å². The minimum absolute atomic E-state index is 0.0406. The zero-order chi connectivity index (χ0) is 21.1. The maximum Gasteiger partial charge on any atom is 0.259 e. The molecule has 2 amide bonds. The van der Waals surface area contributed by atoms with Crippen LogP contribution in [-0.2, 0) is 9.59 Å². The van der Waals surface area contributed by atoms with Crippen molar-refractivity contribution in [3.8, 4) is 17.2 Å². The first-order valence-electron chi connectivity index (χ1n) is 10.2. The van der Waals surface area contributed by atoms with E-state index in [1.54, 1.807) is 11.1 Å². The van der Waals surface area contributed by atoms with Crippen molar-refractivity contribution in [2.24, 2.45) is 5.10 Å². The second-order valence-electron chi connectivity index (χ2n) is 7.62. The summed E-state index contributed by atoms with van der Waals surface area (Å²) in [5, 5.41) is 4.10. The maximum absolute atomic E-state index is 12.2. The molecule has 30 heavy (non-hydrogen) atoms. The summed E-state index contributed by atoms with van der Waals surface area (Å²) in [7, 11) is 0. The largest absolute Gasteiger partial charge is 0.454 e. The van der Waals surface area contributed by atoms with Gasteiger partial charge in [-0.15, -0.1) is 0 Å². The van der Waals surface area contributed by atoms with E-state index in [0.29, 0.717) is 13.0 Å². The Kier molecular flexibility index (Phi) is 5.74. The standard InChI is InChI=1S/C22H26N4O4/c1-15-10-17(12-23-24-21(27)13-25-9-5-3-4-6-22(25)28)16(2)26(15)18-7-8-19-20(11-18)30-14-29-19/h7-8,10-12H,3-6,9,13-14H2,1-2H3,(H,24,27)/b23-12-. The molecule has 1 fully saturated rings. The molecular formula is C22H26N4O4. The molecule has 2 aliphatic heterocycles. The number of nitrogens with one attached hydrogen (secondary N) is 1. The molecule has 1 N–H and O–H groups in total. The number of benzene rings is 1. The highest BCUT2D eigenvalue weighted by Crippen LogP contribution is 2.34. The summed E-state index contributed by atoms with van der Waals surface area (Å²) in [6.45, 7) is 4.93. The average Bonchev–Trinajstić information content (AvgIpc) is 3.23. The van der Waals surface area contributed by atoms with Crippen LogP contribution in [0.5, 0.6) is 11.5 Å². The van der Waals surface area contributed by atoms with Crippen molar-refractivity contribution in [3.05, 3.63) is 41.2 Å². The number of likely N-dealkylation sites (tertiary alicyclic amines) is 1. The van der Waals surface area contributed by atoms with Gasteiger partial charge < -0.3 is 18.9 Å². The van der Waals surface area contributed by atoms with Gasteiger partial charge in [-0.05, 0) is 44.9 Å². The molecule has 8 heteroatoms. The zero-order valence-electron chi connectivity index (χ0n) is 17.3. The van der Waals surface area contributed by atoms with Crippen molar-refractivity contribution in [2.75, 3.05) is 19.9 Å². The van der Waals surface area contributed by atoms with E-state index >= 15 is 0 Å². The minimum Gasteiger partial charge on any atom is -0.454 e. The summed E-state index contributed by atoms with van der Waals surface area (Å²) in [4.78, 5) is 25.8. The SMILES string of the molecule is Cc1cc(/C=N\NC(=O)CN2CCCCCC2=O)c(C)n1-c1ccc2c(c1)OCO2. The van der Waals surface area contributed by atoms with Crippen LogP contribution < -0.4 is 14.9 Å². The van der Waals surface area contributed by atoms with Gasteiger partial charge >= 0.3 is 0 Å². The highest BCUT2D eigenvalue weighted by Gasteiger charge is 2.19. The summed E-state index contributed by atoms with van der Waals surface area (Å²) in [5.74, 6) is 1.23. The number of hydrogen-bond acceptors (Lipinski definition) is 5. The Bertz CT molecular complexity index is 995. The lowest BCUT2D eigenvalue weighted by atomic mass is 10.2. The lowest BCUT2D eigenvalue weighted by Gasteiger charge is -2.18. The van der Waals surface area contributed by atoms with Crippen LogP contribution in [-0.4, -0.2) is 47.4 Å². The second-order valence-corrected chi connectivity index (χ2v) is 7.62.